The Balaban J connectivity index is 3.46. The average molecular weight is 260 g/mol. The van der Waals surface area contributed by atoms with Crippen molar-refractivity contribution in [3.63, 3.8) is 0 Å². The van der Waals surface area contributed by atoms with E-state index in [1.807, 2.05) is 0 Å². The summed E-state index contributed by atoms with van der Waals surface area (Å²) in [6.45, 7) is 4.53. The number of carbonyl (C=O) groups is 1. The largest absolute Gasteiger partial charge is 0.339 e. The van der Waals surface area contributed by atoms with E-state index in [9.17, 15) is 4.79 Å². The number of halogens is 1. The fraction of sp³-hybridized carbons (Fsp3) is 0.364. The van der Waals surface area contributed by atoms with E-state index in [4.69, 9.17) is 5.48 Å². The molecule has 0 aliphatic rings. The summed E-state index contributed by atoms with van der Waals surface area (Å²) in [5, 5.41) is 0. The van der Waals surface area contributed by atoms with Gasteiger partial charge in [0.25, 0.3) is 5.91 Å². The minimum absolute atomic E-state index is 0.0774. The van der Waals surface area contributed by atoms with Crippen LogP contribution in [0.3, 0.4) is 0 Å². The third-order valence-electron chi connectivity index (χ3n) is 1.86. The van der Waals surface area contributed by atoms with Crippen LogP contribution in [0, 0.1) is 0 Å². The molecule has 0 aliphatic carbocycles. The number of amides is 1. The molecule has 0 atom stereocenters. The van der Waals surface area contributed by atoms with Crippen LogP contribution in [-0.2, 0) is 0 Å². The van der Waals surface area contributed by atoms with Gasteiger partial charge in [0.1, 0.15) is 0 Å². The predicted molar refractivity (Wildman–Crippen MR) is 61.4 cm³/mol. The molecule has 0 unspecified atom stereocenters. The molecule has 0 heterocycles. The maximum absolute atomic E-state index is 12.2. The molecule has 0 aliphatic heterocycles. The summed E-state index contributed by atoms with van der Waals surface area (Å²) in [6.07, 6.45) is 0. The van der Waals surface area contributed by atoms with E-state index in [1.165, 1.54) is 4.90 Å². The second-order valence-corrected chi connectivity index (χ2v) is 3.46. The molecule has 2 nitrogen and oxygen atoms in total. The van der Waals surface area contributed by atoms with Crippen LogP contribution in [0.15, 0.2) is 28.6 Å². The van der Waals surface area contributed by atoms with Gasteiger partial charge in [-0.25, -0.2) is 0 Å². The topological polar surface area (TPSA) is 20.3 Å². The molecule has 0 N–H and O–H groups in total. The molecule has 3 heteroatoms. The summed E-state index contributed by atoms with van der Waals surface area (Å²) >= 11 is 3.00. The van der Waals surface area contributed by atoms with Crippen molar-refractivity contribution in [3.05, 3.63) is 34.2 Å². The first-order valence-corrected chi connectivity index (χ1v) is 5.21. The Kier molecular flexibility index (Phi) is 2.43. The molecule has 0 spiro atoms. The predicted octanol–water partition coefficient (Wildman–Crippen LogP) is 2.93. The molecule has 0 radical (unpaired) electrons. The van der Waals surface area contributed by atoms with Gasteiger partial charge in [-0.05, 0) is 38.0 Å². The summed E-state index contributed by atoms with van der Waals surface area (Å²) in [6, 6.07) is -1.07. The highest BCUT2D eigenvalue weighted by Crippen LogP contribution is 2.12. The van der Waals surface area contributed by atoms with Crippen molar-refractivity contribution in [2.45, 2.75) is 13.8 Å². The van der Waals surface area contributed by atoms with Crippen LogP contribution in [0.4, 0.5) is 0 Å². The fourth-order valence-corrected chi connectivity index (χ4v) is 1.27. The number of hydrogen-bond donors (Lipinski definition) is 0. The van der Waals surface area contributed by atoms with Crippen molar-refractivity contribution < 1.29 is 10.3 Å². The molecule has 1 aromatic rings. The van der Waals surface area contributed by atoms with Crippen LogP contribution >= 0.6 is 15.9 Å². The molecule has 14 heavy (non-hydrogen) atoms. The van der Waals surface area contributed by atoms with E-state index in [0.717, 1.165) is 0 Å². The Morgan fingerprint density at radius 2 is 1.86 bits per heavy atom. The molecule has 1 amide bonds. The van der Waals surface area contributed by atoms with Gasteiger partial charge in [-0.15, -0.1) is 0 Å². The van der Waals surface area contributed by atoms with Crippen molar-refractivity contribution in [1.29, 1.82) is 0 Å². The van der Waals surface area contributed by atoms with Gasteiger partial charge in [-0.3, -0.25) is 4.79 Å². The van der Waals surface area contributed by atoms with Gasteiger partial charge in [-0.1, -0.05) is 15.9 Å². The van der Waals surface area contributed by atoms with Crippen LogP contribution in [0.1, 0.15) is 29.7 Å². The van der Waals surface area contributed by atoms with Crippen molar-refractivity contribution in [3.8, 4) is 0 Å². The SMILES string of the molecule is [2H]c1c([2H])c(C(=O)N(CC)CC)c([2H])c([2H])c1Br. The zero-order valence-electron chi connectivity index (χ0n) is 12.1. The standard InChI is InChI=1S/C11H14BrNO/c1-3-13(4-2)11(14)9-5-7-10(12)8-6-9/h5-8H,3-4H2,1-2H3/i5D,6D,7D,8D. The average Bonchev–Trinajstić information content (AvgIpc) is 2.36. The first-order chi connectivity index (χ1) is 8.36. The Bertz CT molecular complexity index is 459. The Morgan fingerprint density at radius 1 is 1.36 bits per heavy atom. The number of rotatable bonds is 3. The zero-order valence-corrected chi connectivity index (χ0v) is 9.73. The first-order valence-electron chi connectivity index (χ1n) is 6.41. The summed E-state index contributed by atoms with van der Waals surface area (Å²) in [5.74, 6) is -0.468. The molecule has 0 aromatic heterocycles. The normalized spacial score (nSPS) is 13.9. The first kappa shape index (κ1) is 6.62. The molecule has 0 saturated heterocycles. The Morgan fingerprint density at radius 3 is 2.29 bits per heavy atom. The highest BCUT2D eigenvalue weighted by Gasteiger charge is 2.11. The maximum Gasteiger partial charge on any atom is 0.253 e. The lowest BCUT2D eigenvalue weighted by molar-refractivity contribution is 0.0773. The molecule has 1 aromatic carbocycles. The van der Waals surface area contributed by atoms with E-state index in [1.54, 1.807) is 13.8 Å². The van der Waals surface area contributed by atoms with E-state index in [2.05, 4.69) is 15.9 Å². The number of benzene rings is 1. The molecule has 0 bridgehead atoms. The second-order valence-electron chi connectivity index (χ2n) is 2.67. The molecule has 76 valence electrons. The number of carbonyl (C=O) groups excluding carboxylic acids is 1. The van der Waals surface area contributed by atoms with E-state index in [-0.39, 0.29) is 34.2 Å². The van der Waals surface area contributed by atoms with Crippen LogP contribution in [0.2, 0.25) is 0 Å². The molecule has 1 rings (SSSR count). The van der Waals surface area contributed by atoms with Crippen LogP contribution in [0.25, 0.3) is 0 Å². The van der Waals surface area contributed by atoms with Gasteiger partial charge in [0.15, 0.2) is 0 Å². The van der Waals surface area contributed by atoms with Crippen molar-refractivity contribution in [1.82, 2.24) is 4.90 Å². The molecule has 0 saturated carbocycles. The third kappa shape index (κ3) is 2.58. The summed E-state index contributed by atoms with van der Waals surface area (Å²) in [4.78, 5) is 13.6. The highest BCUT2D eigenvalue weighted by molar-refractivity contribution is 9.10. The lowest BCUT2D eigenvalue weighted by Crippen LogP contribution is -2.30. The van der Waals surface area contributed by atoms with Crippen LogP contribution in [-0.4, -0.2) is 23.9 Å². The van der Waals surface area contributed by atoms with Crippen molar-refractivity contribution in [2.24, 2.45) is 0 Å². The van der Waals surface area contributed by atoms with Gasteiger partial charge in [0, 0.05) is 23.1 Å². The summed E-state index contributed by atoms with van der Waals surface area (Å²) < 4.78 is 31.0. The minimum Gasteiger partial charge on any atom is -0.339 e. The summed E-state index contributed by atoms with van der Waals surface area (Å²) in [5.41, 5.74) is -0.170. The quantitative estimate of drug-likeness (QED) is 0.818. The highest BCUT2D eigenvalue weighted by atomic mass is 79.9. The smallest absolute Gasteiger partial charge is 0.253 e. The van der Waals surface area contributed by atoms with Crippen LogP contribution < -0.4 is 0 Å². The molecule has 0 fully saturated rings. The lowest BCUT2D eigenvalue weighted by atomic mass is 10.2. The summed E-state index contributed by atoms with van der Waals surface area (Å²) in [7, 11) is 0. The van der Waals surface area contributed by atoms with Gasteiger partial charge in [0.05, 0.1) is 5.48 Å². The van der Waals surface area contributed by atoms with Gasteiger partial charge < -0.3 is 4.90 Å². The van der Waals surface area contributed by atoms with E-state index < -0.39 is 5.91 Å². The second kappa shape index (κ2) is 5.15. The van der Waals surface area contributed by atoms with Gasteiger partial charge in [0.2, 0.25) is 0 Å². The maximum atomic E-state index is 12.2. The zero-order chi connectivity index (χ0) is 14.0. The molecular weight excluding hydrogens is 242 g/mol. The number of nitrogens with zero attached hydrogens (tertiary/aromatic N) is 1. The Hall–Kier alpha value is -0.830. The lowest BCUT2D eigenvalue weighted by Gasteiger charge is -2.18. The van der Waals surface area contributed by atoms with Gasteiger partial charge in [-0.2, -0.15) is 0 Å². The van der Waals surface area contributed by atoms with Crippen molar-refractivity contribution in [2.75, 3.05) is 13.1 Å². The third-order valence-corrected chi connectivity index (χ3v) is 2.26. The monoisotopic (exact) mass is 259 g/mol. The van der Waals surface area contributed by atoms with Crippen molar-refractivity contribution >= 4 is 21.8 Å². The van der Waals surface area contributed by atoms with Gasteiger partial charge >= 0.3 is 0 Å². The molecular formula is C11H14BrNO. The number of hydrogen-bond acceptors (Lipinski definition) is 1. The fourth-order valence-electron chi connectivity index (χ4n) is 1.07. The van der Waals surface area contributed by atoms with E-state index >= 15 is 0 Å². The van der Waals surface area contributed by atoms with Crippen LogP contribution in [0.5, 0.6) is 0 Å². The van der Waals surface area contributed by atoms with E-state index in [0.29, 0.717) is 13.1 Å². The Labute approximate surface area is 98.7 Å². The minimum atomic E-state index is -0.468.